The van der Waals surface area contributed by atoms with E-state index < -0.39 is 5.41 Å². The van der Waals surface area contributed by atoms with Gasteiger partial charge in [0.2, 0.25) is 0 Å². The van der Waals surface area contributed by atoms with E-state index in [0.29, 0.717) is 0 Å². The molecule has 0 radical (unpaired) electrons. The Bertz CT molecular complexity index is 3400. The number of nitrogens with zero attached hydrogens (tertiary/aromatic N) is 1. The standard InChI is InChI=1S/C61H41NS/c1-4-16-42(17-5-1)43-30-34-52(35-31-43)62-57-28-12-11-27-55(57)61(50-22-6-2-7-23-50,51-24-8-3-9-25-51)56-41-49(32-36-58(56)62)47-21-15-19-45(39-47)44-18-14-20-46(38-44)48-33-37-60-54(40-48)53-26-10-13-29-59(53)63-60/h1-41H. The molecule has 1 nitrogen and oxygen atoms in total. The predicted octanol–water partition coefficient (Wildman–Crippen LogP) is 16.9. The second-order valence-electron chi connectivity index (χ2n) is 16.5. The lowest BCUT2D eigenvalue weighted by atomic mass is 9.62. The molecule has 63 heavy (non-hydrogen) atoms. The molecule has 10 aromatic carbocycles. The Labute approximate surface area is 372 Å². The van der Waals surface area contributed by atoms with Gasteiger partial charge in [0.1, 0.15) is 0 Å². The highest BCUT2D eigenvalue weighted by atomic mass is 32.1. The minimum Gasteiger partial charge on any atom is -0.310 e. The molecule has 0 atom stereocenters. The van der Waals surface area contributed by atoms with Crippen LogP contribution in [0.3, 0.4) is 0 Å². The molecule has 0 fully saturated rings. The summed E-state index contributed by atoms with van der Waals surface area (Å²) in [6.45, 7) is 0. The van der Waals surface area contributed by atoms with Crippen molar-refractivity contribution in [2.24, 2.45) is 0 Å². The maximum atomic E-state index is 2.46. The van der Waals surface area contributed by atoms with Gasteiger partial charge in [0, 0.05) is 25.9 Å². The molecule has 1 aliphatic rings. The van der Waals surface area contributed by atoms with Gasteiger partial charge in [0.25, 0.3) is 0 Å². The first-order valence-corrected chi connectivity index (χ1v) is 22.5. The third kappa shape index (κ3) is 6.22. The van der Waals surface area contributed by atoms with E-state index in [2.05, 4.69) is 254 Å². The molecule has 0 aliphatic carbocycles. The Hall–Kier alpha value is -7.78. The van der Waals surface area contributed by atoms with Crippen molar-refractivity contribution in [3.8, 4) is 44.5 Å². The molecule has 0 spiro atoms. The lowest BCUT2D eigenvalue weighted by Crippen LogP contribution is -2.37. The number of benzene rings is 10. The SMILES string of the molecule is c1ccc(-c2ccc(N3c4ccccc4C(c4ccccc4)(c4ccccc4)c4cc(-c5cccc(-c6cccc(-c7ccc8sc9ccccc9c8c7)c6)c5)ccc43)cc2)cc1. The van der Waals surface area contributed by atoms with Crippen molar-refractivity contribution in [1.82, 2.24) is 0 Å². The summed E-state index contributed by atoms with van der Waals surface area (Å²) in [6.07, 6.45) is 0. The number of fused-ring (bicyclic) bond motifs is 5. The van der Waals surface area contributed by atoms with Crippen LogP contribution in [0, 0.1) is 0 Å². The molecule has 2 heteroatoms. The van der Waals surface area contributed by atoms with Gasteiger partial charge in [-0.2, -0.15) is 0 Å². The van der Waals surface area contributed by atoms with Crippen molar-refractivity contribution in [2.75, 3.05) is 4.90 Å². The highest BCUT2D eigenvalue weighted by molar-refractivity contribution is 7.25. The summed E-state index contributed by atoms with van der Waals surface area (Å²) in [6, 6.07) is 91.7. The van der Waals surface area contributed by atoms with Gasteiger partial charge in [-0.1, -0.05) is 188 Å². The molecule has 296 valence electrons. The molecule has 0 unspecified atom stereocenters. The van der Waals surface area contributed by atoms with Crippen molar-refractivity contribution < 1.29 is 0 Å². The Morgan fingerprint density at radius 3 is 1.41 bits per heavy atom. The van der Waals surface area contributed by atoms with Crippen molar-refractivity contribution in [1.29, 1.82) is 0 Å². The Balaban J connectivity index is 1.02. The molecular formula is C61H41NS. The van der Waals surface area contributed by atoms with Gasteiger partial charge >= 0.3 is 0 Å². The second kappa shape index (κ2) is 15.3. The van der Waals surface area contributed by atoms with Crippen LogP contribution in [0.15, 0.2) is 249 Å². The fourth-order valence-electron chi connectivity index (χ4n) is 10.0. The van der Waals surface area contributed by atoms with Crippen LogP contribution in [0.2, 0.25) is 0 Å². The van der Waals surface area contributed by atoms with Gasteiger partial charge in [-0.15, -0.1) is 11.3 Å². The van der Waals surface area contributed by atoms with Gasteiger partial charge in [-0.05, 0) is 127 Å². The van der Waals surface area contributed by atoms with E-state index >= 15 is 0 Å². The number of hydrogen-bond acceptors (Lipinski definition) is 2. The number of hydrogen-bond donors (Lipinski definition) is 0. The Kier molecular flexibility index (Phi) is 8.98. The molecule has 0 saturated heterocycles. The normalized spacial score (nSPS) is 12.9. The van der Waals surface area contributed by atoms with Crippen molar-refractivity contribution >= 4 is 48.6 Å². The summed E-state index contributed by atoms with van der Waals surface area (Å²) in [5.41, 5.74) is 17.4. The molecule has 2 heterocycles. The quantitative estimate of drug-likeness (QED) is 0.155. The van der Waals surface area contributed by atoms with Crippen LogP contribution in [0.5, 0.6) is 0 Å². The van der Waals surface area contributed by atoms with Crippen molar-refractivity contribution in [3.05, 3.63) is 271 Å². The number of thiophene rings is 1. The summed E-state index contributed by atoms with van der Waals surface area (Å²) in [5.74, 6) is 0. The summed E-state index contributed by atoms with van der Waals surface area (Å²) < 4.78 is 2.65. The zero-order chi connectivity index (χ0) is 41.7. The number of anilines is 3. The van der Waals surface area contributed by atoms with E-state index in [1.807, 2.05) is 11.3 Å². The first-order chi connectivity index (χ1) is 31.2. The summed E-state index contributed by atoms with van der Waals surface area (Å²) in [4.78, 5) is 2.46. The number of para-hydroxylation sites is 1. The molecule has 1 aromatic heterocycles. The topological polar surface area (TPSA) is 3.24 Å². The van der Waals surface area contributed by atoms with E-state index in [0.717, 1.165) is 11.4 Å². The van der Waals surface area contributed by atoms with Gasteiger partial charge in [0.05, 0.1) is 16.8 Å². The second-order valence-corrected chi connectivity index (χ2v) is 17.5. The molecule has 0 amide bonds. The van der Waals surface area contributed by atoms with E-state index in [4.69, 9.17) is 0 Å². The van der Waals surface area contributed by atoms with E-state index in [9.17, 15) is 0 Å². The molecular weight excluding hydrogens is 779 g/mol. The molecule has 0 saturated carbocycles. The van der Waals surface area contributed by atoms with Gasteiger partial charge < -0.3 is 4.90 Å². The van der Waals surface area contributed by atoms with Crippen LogP contribution in [-0.4, -0.2) is 0 Å². The zero-order valence-electron chi connectivity index (χ0n) is 34.5. The average molecular weight is 820 g/mol. The van der Waals surface area contributed by atoms with Crippen LogP contribution in [0.1, 0.15) is 22.3 Å². The smallest absolute Gasteiger partial charge is 0.0742 e. The largest absolute Gasteiger partial charge is 0.310 e. The highest BCUT2D eigenvalue weighted by Crippen LogP contribution is 2.58. The number of rotatable bonds is 7. The summed E-state index contributed by atoms with van der Waals surface area (Å²) >= 11 is 1.86. The lowest BCUT2D eigenvalue weighted by molar-refractivity contribution is 0.731. The van der Waals surface area contributed by atoms with Crippen LogP contribution in [0.25, 0.3) is 64.7 Å². The van der Waals surface area contributed by atoms with Gasteiger partial charge in [0.15, 0.2) is 0 Å². The molecule has 0 bridgehead atoms. The van der Waals surface area contributed by atoms with Crippen molar-refractivity contribution in [3.63, 3.8) is 0 Å². The monoisotopic (exact) mass is 819 g/mol. The predicted molar refractivity (Wildman–Crippen MR) is 268 cm³/mol. The molecule has 11 aromatic rings. The molecule has 1 aliphatic heterocycles. The molecule has 0 N–H and O–H groups in total. The highest BCUT2D eigenvalue weighted by Gasteiger charge is 2.46. The maximum absolute atomic E-state index is 2.46. The third-order valence-corrected chi connectivity index (χ3v) is 14.1. The maximum Gasteiger partial charge on any atom is 0.0742 e. The first-order valence-electron chi connectivity index (χ1n) is 21.7. The summed E-state index contributed by atoms with van der Waals surface area (Å²) in [7, 11) is 0. The van der Waals surface area contributed by atoms with Crippen LogP contribution in [-0.2, 0) is 5.41 Å². The fourth-order valence-corrected chi connectivity index (χ4v) is 11.1. The summed E-state index contributed by atoms with van der Waals surface area (Å²) in [5, 5.41) is 2.64. The van der Waals surface area contributed by atoms with E-state index in [1.165, 1.54) is 92.6 Å². The Morgan fingerprint density at radius 1 is 0.286 bits per heavy atom. The fraction of sp³-hybridized carbons (Fsp3) is 0.0164. The van der Waals surface area contributed by atoms with Crippen LogP contribution >= 0.6 is 11.3 Å². The third-order valence-electron chi connectivity index (χ3n) is 12.9. The van der Waals surface area contributed by atoms with E-state index in [-0.39, 0.29) is 0 Å². The van der Waals surface area contributed by atoms with Crippen LogP contribution in [0.4, 0.5) is 17.1 Å². The minimum atomic E-state index is -0.592. The van der Waals surface area contributed by atoms with Crippen LogP contribution < -0.4 is 4.90 Å². The first kappa shape index (κ1) is 37.0. The van der Waals surface area contributed by atoms with E-state index in [1.54, 1.807) is 0 Å². The minimum absolute atomic E-state index is 0.592. The lowest BCUT2D eigenvalue weighted by Gasteiger charge is -2.46. The van der Waals surface area contributed by atoms with Gasteiger partial charge in [-0.3, -0.25) is 0 Å². The Morgan fingerprint density at radius 2 is 0.746 bits per heavy atom. The molecule has 12 rings (SSSR count). The van der Waals surface area contributed by atoms with Crippen molar-refractivity contribution in [2.45, 2.75) is 5.41 Å². The zero-order valence-corrected chi connectivity index (χ0v) is 35.3. The van der Waals surface area contributed by atoms with Gasteiger partial charge in [-0.25, -0.2) is 0 Å². The average Bonchev–Trinajstić information content (AvgIpc) is 3.74.